The molecule has 1 N–H and O–H groups in total. The molecule has 30 heavy (non-hydrogen) atoms. The number of thiophene rings is 1. The first-order chi connectivity index (χ1) is 14.4. The first-order valence-corrected chi connectivity index (χ1v) is 11.9. The van der Waals surface area contributed by atoms with E-state index in [0.29, 0.717) is 18.1 Å². The number of carbonyl (C=O) groups excluding carboxylic acids is 1. The van der Waals surface area contributed by atoms with Gasteiger partial charge >= 0.3 is 0 Å². The minimum atomic E-state index is -3.74. The molecule has 0 bridgehead atoms. The molecule has 0 spiro atoms. The summed E-state index contributed by atoms with van der Waals surface area (Å²) in [6.07, 6.45) is 3.46. The van der Waals surface area contributed by atoms with Gasteiger partial charge in [0.1, 0.15) is 4.21 Å². The van der Waals surface area contributed by atoms with Crippen molar-refractivity contribution in [1.82, 2.24) is 19.2 Å². The van der Waals surface area contributed by atoms with Crippen LogP contribution in [-0.4, -0.2) is 53.1 Å². The van der Waals surface area contributed by atoms with Crippen molar-refractivity contribution < 1.29 is 13.2 Å². The topological polar surface area (TPSA) is 86.4 Å². The van der Waals surface area contributed by atoms with Crippen molar-refractivity contribution in [3.63, 3.8) is 0 Å². The van der Waals surface area contributed by atoms with Gasteiger partial charge in [-0.1, -0.05) is 17.7 Å². The lowest BCUT2D eigenvalue weighted by atomic mass is 10.3. The summed E-state index contributed by atoms with van der Waals surface area (Å²) < 4.78 is 28.5. The van der Waals surface area contributed by atoms with E-state index in [0.717, 1.165) is 26.7 Å². The minimum absolute atomic E-state index is 0.168. The number of nitrogens with one attached hydrogen (secondary N) is 1. The summed E-state index contributed by atoms with van der Waals surface area (Å²) in [6.45, 7) is 0.829. The Morgan fingerprint density at radius 3 is 2.80 bits per heavy atom. The first kappa shape index (κ1) is 19.5. The Labute approximate surface area is 181 Å². The third-order valence-corrected chi connectivity index (χ3v) is 8.81. The van der Waals surface area contributed by atoms with Crippen LogP contribution in [-0.2, 0) is 21.4 Å². The Morgan fingerprint density at radius 1 is 1.13 bits per heavy atom. The van der Waals surface area contributed by atoms with E-state index in [9.17, 15) is 13.2 Å². The standard InChI is InChI=1S/C20H17ClN4O3S2/c21-15-2-1-14-8-20(29-18(14)9-15)30(27,28)25-6-5-24(19(26)12-25)11-16-7-13-3-4-22-10-17(13)23-16/h1-4,7-10,23H,5-6,11-12H2. The van der Waals surface area contributed by atoms with E-state index in [1.165, 1.54) is 15.6 Å². The van der Waals surface area contributed by atoms with Gasteiger partial charge in [0.25, 0.3) is 10.0 Å². The third-order valence-electron chi connectivity index (χ3n) is 5.18. The fraction of sp³-hybridized carbons (Fsp3) is 0.200. The van der Waals surface area contributed by atoms with Gasteiger partial charge < -0.3 is 9.88 Å². The molecular weight excluding hydrogens is 444 g/mol. The number of pyridine rings is 1. The van der Waals surface area contributed by atoms with Crippen LogP contribution in [0.4, 0.5) is 0 Å². The van der Waals surface area contributed by atoms with E-state index in [4.69, 9.17) is 11.6 Å². The van der Waals surface area contributed by atoms with E-state index in [1.54, 1.807) is 41.6 Å². The van der Waals surface area contributed by atoms with Crippen LogP contribution in [0.1, 0.15) is 5.69 Å². The molecule has 1 saturated heterocycles. The van der Waals surface area contributed by atoms with E-state index in [2.05, 4.69) is 9.97 Å². The molecule has 3 aromatic heterocycles. The lowest BCUT2D eigenvalue weighted by molar-refractivity contribution is -0.134. The molecule has 7 nitrogen and oxygen atoms in total. The van der Waals surface area contributed by atoms with Gasteiger partial charge in [0.2, 0.25) is 5.91 Å². The highest BCUT2D eigenvalue weighted by molar-refractivity contribution is 7.91. The van der Waals surface area contributed by atoms with Gasteiger partial charge in [-0.2, -0.15) is 4.31 Å². The van der Waals surface area contributed by atoms with Gasteiger partial charge in [-0.3, -0.25) is 9.78 Å². The lowest BCUT2D eigenvalue weighted by Crippen LogP contribution is -2.51. The van der Waals surface area contributed by atoms with Crippen molar-refractivity contribution in [3.05, 3.63) is 59.5 Å². The Kier molecular flexibility index (Phi) is 4.78. The summed E-state index contributed by atoms with van der Waals surface area (Å²) in [4.78, 5) is 21.7. The van der Waals surface area contributed by atoms with Crippen LogP contribution >= 0.6 is 22.9 Å². The monoisotopic (exact) mass is 460 g/mol. The van der Waals surface area contributed by atoms with Crippen LogP contribution < -0.4 is 0 Å². The molecule has 0 aliphatic carbocycles. The second kappa shape index (κ2) is 7.35. The number of aromatic nitrogens is 2. The van der Waals surface area contributed by atoms with E-state index in [-0.39, 0.29) is 23.2 Å². The smallest absolute Gasteiger partial charge is 0.253 e. The Balaban J connectivity index is 1.33. The fourth-order valence-corrected chi connectivity index (χ4v) is 6.83. The third kappa shape index (κ3) is 3.47. The summed E-state index contributed by atoms with van der Waals surface area (Å²) in [5.41, 5.74) is 1.80. The van der Waals surface area contributed by atoms with Crippen molar-refractivity contribution >= 4 is 59.9 Å². The quantitative estimate of drug-likeness (QED) is 0.505. The van der Waals surface area contributed by atoms with E-state index < -0.39 is 10.0 Å². The van der Waals surface area contributed by atoms with Crippen LogP contribution in [0, 0.1) is 0 Å². The summed E-state index contributed by atoms with van der Waals surface area (Å²) >= 11 is 7.18. The maximum atomic E-state index is 13.1. The molecule has 1 aliphatic heterocycles. The largest absolute Gasteiger partial charge is 0.356 e. The number of amides is 1. The number of aromatic amines is 1. The summed E-state index contributed by atoms with van der Waals surface area (Å²) in [7, 11) is -3.74. The number of nitrogens with zero attached hydrogens (tertiary/aromatic N) is 3. The molecule has 154 valence electrons. The highest BCUT2D eigenvalue weighted by Gasteiger charge is 2.34. The van der Waals surface area contributed by atoms with E-state index in [1.807, 2.05) is 12.1 Å². The average Bonchev–Trinajstić information content (AvgIpc) is 3.32. The number of halogens is 1. The number of piperazine rings is 1. The van der Waals surface area contributed by atoms with Crippen LogP contribution in [0.5, 0.6) is 0 Å². The molecule has 1 aliphatic rings. The van der Waals surface area contributed by atoms with Crippen LogP contribution in [0.2, 0.25) is 5.02 Å². The van der Waals surface area contributed by atoms with E-state index >= 15 is 0 Å². The van der Waals surface area contributed by atoms with Crippen LogP contribution in [0.15, 0.2) is 53.0 Å². The van der Waals surface area contributed by atoms with Gasteiger partial charge in [0.05, 0.1) is 24.8 Å². The number of benzene rings is 1. The van der Waals surface area contributed by atoms with Crippen molar-refractivity contribution in [2.45, 2.75) is 10.8 Å². The Morgan fingerprint density at radius 2 is 2.00 bits per heavy atom. The molecule has 4 heterocycles. The molecule has 0 atom stereocenters. The molecule has 10 heteroatoms. The molecule has 5 rings (SSSR count). The van der Waals surface area contributed by atoms with Gasteiger partial charge in [-0.05, 0) is 35.7 Å². The van der Waals surface area contributed by atoms with Crippen molar-refractivity contribution in [2.24, 2.45) is 0 Å². The first-order valence-electron chi connectivity index (χ1n) is 9.29. The van der Waals surface area contributed by atoms with Gasteiger partial charge in [-0.15, -0.1) is 11.3 Å². The number of sulfonamides is 1. The van der Waals surface area contributed by atoms with Gasteiger partial charge in [0.15, 0.2) is 0 Å². The maximum Gasteiger partial charge on any atom is 0.253 e. The number of hydrogen-bond acceptors (Lipinski definition) is 5. The highest BCUT2D eigenvalue weighted by Crippen LogP contribution is 2.33. The van der Waals surface area contributed by atoms with Gasteiger partial charge in [-0.25, -0.2) is 8.42 Å². The molecule has 1 amide bonds. The summed E-state index contributed by atoms with van der Waals surface area (Å²) in [6, 6.07) is 10.8. The molecule has 0 saturated carbocycles. The van der Waals surface area contributed by atoms with Crippen molar-refractivity contribution in [1.29, 1.82) is 0 Å². The van der Waals surface area contributed by atoms with Gasteiger partial charge in [0, 0.05) is 40.1 Å². The lowest BCUT2D eigenvalue weighted by Gasteiger charge is -2.33. The van der Waals surface area contributed by atoms with Crippen molar-refractivity contribution in [2.75, 3.05) is 19.6 Å². The number of hydrogen-bond donors (Lipinski definition) is 1. The van der Waals surface area contributed by atoms with Crippen LogP contribution in [0.25, 0.3) is 21.0 Å². The highest BCUT2D eigenvalue weighted by atomic mass is 35.5. The molecule has 1 fully saturated rings. The average molecular weight is 461 g/mol. The minimum Gasteiger partial charge on any atom is -0.356 e. The molecule has 4 aromatic rings. The molecular formula is C20H17ClN4O3S2. The second-order valence-corrected chi connectivity index (χ2v) is 10.8. The fourth-order valence-electron chi connectivity index (χ4n) is 3.62. The SMILES string of the molecule is O=C1CN(S(=O)(=O)c2cc3ccc(Cl)cc3s2)CCN1Cc1cc2ccncc2[nH]1. The Bertz CT molecular complexity index is 1350. The molecule has 0 unspecified atom stereocenters. The Hall–Kier alpha value is -2.46. The number of rotatable bonds is 4. The predicted molar refractivity (Wildman–Crippen MR) is 117 cm³/mol. The normalized spacial score (nSPS) is 16.0. The number of H-pyrrole nitrogens is 1. The maximum absolute atomic E-state index is 13.1. The second-order valence-electron chi connectivity index (χ2n) is 7.16. The zero-order chi connectivity index (χ0) is 20.9. The molecule has 0 radical (unpaired) electrons. The van der Waals surface area contributed by atoms with Crippen LogP contribution in [0.3, 0.4) is 0 Å². The predicted octanol–water partition coefficient (Wildman–Crippen LogP) is 3.46. The van der Waals surface area contributed by atoms with Crippen molar-refractivity contribution in [3.8, 4) is 0 Å². The zero-order valence-corrected chi connectivity index (χ0v) is 18.1. The number of carbonyl (C=O) groups is 1. The molecule has 1 aromatic carbocycles. The summed E-state index contributed by atoms with van der Waals surface area (Å²) in [5, 5.41) is 2.41. The summed E-state index contributed by atoms with van der Waals surface area (Å²) in [5.74, 6) is -0.217. The zero-order valence-electron chi connectivity index (χ0n) is 15.7. The number of fused-ring (bicyclic) bond motifs is 2.